The highest BCUT2D eigenvalue weighted by atomic mass is 16.5. The molecule has 0 unspecified atom stereocenters. The molecule has 0 atom stereocenters. The fourth-order valence-corrected chi connectivity index (χ4v) is 3.29. The molecule has 6 nitrogen and oxygen atoms in total. The largest absolute Gasteiger partial charge is 0.497 e. The molecule has 0 bridgehead atoms. The van der Waals surface area contributed by atoms with Crippen LogP contribution in [0.2, 0.25) is 0 Å². The third-order valence-electron chi connectivity index (χ3n) is 4.79. The van der Waals surface area contributed by atoms with Crippen molar-refractivity contribution in [2.75, 3.05) is 19.0 Å². The molecular weight excluding hydrogens is 366 g/mol. The van der Waals surface area contributed by atoms with E-state index in [2.05, 4.69) is 10.4 Å². The highest BCUT2D eigenvalue weighted by Crippen LogP contribution is 2.22. The van der Waals surface area contributed by atoms with Gasteiger partial charge in [-0.1, -0.05) is 6.07 Å². The normalized spacial score (nSPS) is 10.6. The summed E-state index contributed by atoms with van der Waals surface area (Å²) in [6.45, 7) is 6.56. The summed E-state index contributed by atoms with van der Waals surface area (Å²) in [5.41, 5.74) is 4.76. The molecule has 0 aliphatic carbocycles. The molecule has 1 heterocycles. The quantitative estimate of drug-likeness (QED) is 0.613. The van der Waals surface area contributed by atoms with Gasteiger partial charge in [0.1, 0.15) is 11.5 Å². The predicted octanol–water partition coefficient (Wildman–Crippen LogP) is 4.47. The molecule has 1 amide bonds. The van der Waals surface area contributed by atoms with Crippen molar-refractivity contribution < 1.29 is 14.3 Å². The second kappa shape index (κ2) is 9.28. The molecule has 0 radical (unpaired) electrons. The Balaban J connectivity index is 1.66. The Bertz CT molecular complexity index is 978. The second-order valence-corrected chi connectivity index (χ2v) is 6.77. The van der Waals surface area contributed by atoms with Crippen LogP contribution in [-0.2, 0) is 11.2 Å². The van der Waals surface area contributed by atoms with E-state index in [0.717, 1.165) is 39.8 Å². The van der Waals surface area contributed by atoms with Gasteiger partial charge in [0.2, 0.25) is 5.91 Å². The van der Waals surface area contributed by atoms with Crippen molar-refractivity contribution in [2.24, 2.45) is 0 Å². The van der Waals surface area contributed by atoms with Crippen LogP contribution in [0.3, 0.4) is 0 Å². The highest BCUT2D eigenvalue weighted by Gasteiger charge is 2.15. The van der Waals surface area contributed by atoms with E-state index in [1.165, 1.54) is 0 Å². The summed E-state index contributed by atoms with van der Waals surface area (Å²) < 4.78 is 12.6. The van der Waals surface area contributed by atoms with E-state index in [1.807, 2.05) is 74.0 Å². The van der Waals surface area contributed by atoms with E-state index in [0.29, 0.717) is 19.4 Å². The first-order valence-electron chi connectivity index (χ1n) is 9.74. The maximum Gasteiger partial charge on any atom is 0.224 e. The van der Waals surface area contributed by atoms with Crippen molar-refractivity contribution in [3.63, 3.8) is 0 Å². The van der Waals surface area contributed by atoms with Gasteiger partial charge in [-0.2, -0.15) is 5.10 Å². The maximum absolute atomic E-state index is 12.4. The van der Waals surface area contributed by atoms with Crippen LogP contribution in [-0.4, -0.2) is 29.4 Å². The molecule has 1 aromatic heterocycles. The van der Waals surface area contributed by atoms with Crippen molar-refractivity contribution in [1.29, 1.82) is 0 Å². The van der Waals surface area contributed by atoms with Crippen molar-refractivity contribution in [3.05, 3.63) is 65.5 Å². The predicted molar refractivity (Wildman–Crippen MR) is 114 cm³/mol. The van der Waals surface area contributed by atoms with Crippen molar-refractivity contribution in [2.45, 2.75) is 33.6 Å². The minimum Gasteiger partial charge on any atom is -0.497 e. The topological polar surface area (TPSA) is 65.4 Å². The number of carbonyl (C=O) groups excluding carboxylic acids is 1. The van der Waals surface area contributed by atoms with Gasteiger partial charge in [-0.25, -0.2) is 4.68 Å². The average molecular weight is 393 g/mol. The van der Waals surface area contributed by atoms with Crippen LogP contribution in [0.1, 0.15) is 30.3 Å². The lowest BCUT2D eigenvalue weighted by Gasteiger charge is -2.08. The molecule has 0 saturated heterocycles. The number of amides is 1. The van der Waals surface area contributed by atoms with Gasteiger partial charge in [0.15, 0.2) is 0 Å². The Labute approximate surface area is 171 Å². The second-order valence-electron chi connectivity index (χ2n) is 6.77. The first-order valence-corrected chi connectivity index (χ1v) is 9.74. The van der Waals surface area contributed by atoms with Crippen molar-refractivity contribution in [3.8, 4) is 17.2 Å². The number of hydrogen-bond donors (Lipinski definition) is 1. The van der Waals surface area contributed by atoms with Gasteiger partial charge in [-0.15, -0.1) is 0 Å². The van der Waals surface area contributed by atoms with E-state index < -0.39 is 0 Å². The van der Waals surface area contributed by atoms with Gasteiger partial charge in [0, 0.05) is 23.9 Å². The molecule has 3 rings (SSSR count). The molecular formula is C23H27N3O3. The van der Waals surface area contributed by atoms with Crippen LogP contribution in [0.4, 0.5) is 5.69 Å². The number of aromatic nitrogens is 2. The summed E-state index contributed by atoms with van der Waals surface area (Å²) >= 11 is 0. The lowest BCUT2D eigenvalue weighted by molar-refractivity contribution is -0.116. The standard InChI is InChI=1S/C23H27N3O3/c1-5-29-20-11-9-18(10-12-20)24-23(27)14-13-22-16(2)25-26(17(22)3)19-7-6-8-21(15-19)28-4/h6-12,15H,5,13-14H2,1-4H3,(H,24,27). The number of aryl methyl sites for hydroxylation is 1. The maximum atomic E-state index is 12.4. The van der Waals surface area contributed by atoms with Gasteiger partial charge in [0.25, 0.3) is 0 Å². The van der Waals surface area contributed by atoms with Crippen LogP contribution in [0, 0.1) is 13.8 Å². The Morgan fingerprint density at radius 3 is 2.55 bits per heavy atom. The number of hydrogen-bond acceptors (Lipinski definition) is 4. The smallest absolute Gasteiger partial charge is 0.224 e. The third kappa shape index (κ3) is 4.96. The van der Waals surface area contributed by atoms with Crippen LogP contribution in [0.15, 0.2) is 48.5 Å². The number of carbonyl (C=O) groups is 1. The minimum absolute atomic E-state index is 0.0258. The average Bonchev–Trinajstić information content (AvgIpc) is 3.01. The molecule has 3 aromatic rings. The van der Waals surface area contributed by atoms with Gasteiger partial charge in [-0.05, 0) is 69.2 Å². The molecule has 0 spiro atoms. The lowest BCUT2D eigenvalue weighted by Crippen LogP contribution is -2.12. The van der Waals surface area contributed by atoms with E-state index in [4.69, 9.17) is 9.47 Å². The van der Waals surface area contributed by atoms with Crippen molar-refractivity contribution >= 4 is 11.6 Å². The molecule has 0 aliphatic heterocycles. The van der Waals surface area contributed by atoms with Crippen LogP contribution in [0.25, 0.3) is 5.69 Å². The van der Waals surface area contributed by atoms with Crippen LogP contribution in [0.5, 0.6) is 11.5 Å². The molecule has 152 valence electrons. The summed E-state index contributed by atoms with van der Waals surface area (Å²) in [5, 5.41) is 7.60. The molecule has 0 fully saturated rings. The monoisotopic (exact) mass is 393 g/mol. The number of nitrogens with zero attached hydrogens (tertiary/aromatic N) is 2. The Morgan fingerprint density at radius 2 is 1.86 bits per heavy atom. The fraction of sp³-hybridized carbons (Fsp3) is 0.304. The molecule has 1 N–H and O–H groups in total. The number of ether oxygens (including phenoxy) is 2. The van der Waals surface area contributed by atoms with Crippen LogP contribution >= 0.6 is 0 Å². The molecule has 29 heavy (non-hydrogen) atoms. The van der Waals surface area contributed by atoms with E-state index >= 15 is 0 Å². The summed E-state index contributed by atoms with van der Waals surface area (Å²) in [6.07, 6.45) is 1.02. The van der Waals surface area contributed by atoms with Gasteiger partial charge < -0.3 is 14.8 Å². The van der Waals surface area contributed by atoms with Gasteiger partial charge in [-0.3, -0.25) is 4.79 Å². The third-order valence-corrected chi connectivity index (χ3v) is 4.79. The zero-order chi connectivity index (χ0) is 20.8. The molecule has 0 aliphatic rings. The Morgan fingerprint density at radius 1 is 1.10 bits per heavy atom. The number of methoxy groups -OCH3 is 1. The van der Waals surface area contributed by atoms with E-state index in [1.54, 1.807) is 7.11 Å². The first kappa shape index (κ1) is 20.5. The SMILES string of the molecule is CCOc1ccc(NC(=O)CCc2c(C)nn(-c3cccc(OC)c3)c2C)cc1. The van der Waals surface area contributed by atoms with E-state index in [9.17, 15) is 4.79 Å². The summed E-state index contributed by atoms with van der Waals surface area (Å²) in [4.78, 5) is 12.4. The highest BCUT2D eigenvalue weighted by molar-refractivity contribution is 5.90. The van der Waals surface area contributed by atoms with E-state index in [-0.39, 0.29) is 5.91 Å². The fourth-order valence-electron chi connectivity index (χ4n) is 3.29. The first-order chi connectivity index (χ1) is 14.0. The Kier molecular flexibility index (Phi) is 6.54. The van der Waals surface area contributed by atoms with Crippen LogP contribution < -0.4 is 14.8 Å². The van der Waals surface area contributed by atoms with Gasteiger partial charge in [0.05, 0.1) is 25.1 Å². The molecule has 6 heteroatoms. The summed E-state index contributed by atoms with van der Waals surface area (Å²) in [6, 6.07) is 15.2. The summed E-state index contributed by atoms with van der Waals surface area (Å²) in [7, 11) is 1.65. The number of benzene rings is 2. The zero-order valence-corrected chi connectivity index (χ0v) is 17.4. The summed E-state index contributed by atoms with van der Waals surface area (Å²) in [5.74, 6) is 1.55. The Hall–Kier alpha value is -3.28. The molecule has 0 saturated carbocycles. The number of rotatable bonds is 8. The molecule has 2 aromatic carbocycles. The van der Waals surface area contributed by atoms with Crippen molar-refractivity contribution in [1.82, 2.24) is 9.78 Å². The lowest BCUT2D eigenvalue weighted by atomic mass is 10.1. The number of nitrogens with one attached hydrogen (secondary N) is 1. The zero-order valence-electron chi connectivity index (χ0n) is 17.4. The minimum atomic E-state index is -0.0258. The van der Waals surface area contributed by atoms with Gasteiger partial charge >= 0.3 is 0 Å². The number of anilines is 1.